The van der Waals surface area contributed by atoms with Crippen molar-refractivity contribution in [2.75, 3.05) is 0 Å². The van der Waals surface area contributed by atoms with Gasteiger partial charge in [-0.15, -0.1) is 5.10 Å². The van der Waals surface area contributed by atoms with Gasteiger partial charge in [0.25, 0.3) is 0 Å². The molecule has 1 aromatic carbocycles. The number of halogens is 2. The molecule has 0 radical (unpaired) electrons. The largest absolute Gasteiger partial charge is 0.387 e. The number of fused-ring (bicyclic) bond motifs is 5. The molecule has 2 atom stereocenters. The Morgan fingerprint density at radius 2 is 2.00 bits per heavy atom. The van der Waals surface area contributed by atoms with Crippen molar-refractivity contribution in [2.24, 2.45) is 5.73 Å². The molecule has 0 unspecified atom stereocenters. The van der Waals surface area contributed by atoms with Crippen LogP contribution in [0.1, 0.15) is 36.4 Å². The van der Waals surface area contributed by atoms with Crippen molar-refractivity contribution >= 4 is 5.84 Å². The molecule has 1 saturated carbocycles. The number of nitrogens with zero attached hydrogens (tertiary/aromatic N) is 2. The Hall–Kier alpha value is -2.37. The van der Waals surface area contributed by atoms with E-state index >= 15 is 0 Å². The molecule has 0 saturated heterocycles. The number of amidine groups is 1. The van der Waals surface area contributed by atoms with Gasteiger partial charge in [-0.05, 0) is 48.9 Å². The third-order valence-corrected chi connectivity index (χ3v) is 4.97. The Kier molecular flexibility index (Phi) is 2.61. The molecule has 3 N–H and O–H groups in total. The minimum Gasteiger partial charge on any atom is -0.387 e. The van der Waals surface area contributed by atoms with Crippen LogP contribution in [0.5, 0.6) is 0 Å². The predicted octanol–water partition coefficient (Wildman–Crippen LogP) is 2.88. The highest BCUT2D eigenvalue weighted by Crippen LogP contribution is 2.56. The zero-order chi connectivity index (χ0) is 15.5. The van der Waals surface area contributed by atoms with Crippen molar-refractivity contribution in [3.8, 4) is 11.3 Å². The number of aromatic nitrogens is 2. The molecule has 112 valence electrons. The van der Waals surface area contributed by atoms with E-state index in [0.717, 1.165) is 24.8 Å². The van der Waals surface area contributed by atoms with Crippen LogP contribution in [0.15, 0.2) is 24.3 Å². The average Bonchev–Trinajstić information content (AvgIpc) is 3.05. The molecule has 6 heteroatoms. The molecule has 2 aliphatic carbocycles. The van der Waals surface area contributed by atoms with Crippen molar-refractivity contribution in [1.82, 2.24) is 10.2 Å². The lowest BCUT2D eigenvalue weighted by molar-refractivity contribution is 0.573. The average molecular weight is 300 g/mol. The maximum atomic E-state index is 13.9. The highest BCUT2D eigenvalue weighted by atomic mass is 19.1. The monoisotopic (exact) mass is 300 g/mol. The summed E-state index contributed by atoms with van der Waals surface area (Å²) in [4.78, 5) is 0. The molecule has 4 rings (SSSR count). The molecule has 0 amide bonds. The van der Waals surface area contributed by atoms with Gasteiger partial charge >= 0.3 is 0 Å². The smallest absolute Gasteiger partial charge is 0.135 e. The summed E-state index contributed by atoms with van der Waals surface area (Å²) < 4.78 is 27.8. The highest BCUT2D eigenvalue weighted by molar-refractivity contribution is 5.91. The standard InChI is InChI=1S/C16H14F2N4/c17-10-2-1-3-11(18)13(10)12-6-9-8-4-5-16(7-8,15(19)20)14(9)22-21-12/h1-3,6,8H,4-5,7H2,(H3,19,20)/t8-,16-/m1/s1. The zero-order valence-electron chi connectivity index (χ0n) is 11.7. The van der Waals surface area contributed by atoms with Crippen LogP contribution < -0.4 is 5.73 Å². The second-order valence-corrected chi connectivity index (χ2v) is 6.07. The molecule has 0 spiro atoms. The summed E-state index contributed by atoms with van der Waals surface area (Å²) in [5.41, 5.74) is 6.92. The predicted molar refractivity (Wildman–Crippen MR) is 77.6 cm³/mol. The van der Waals surface area contributed by atoms with Crippen LogP contribution in [0.25, 0.3) is 11.3 Å². The van der Waals surface area contributed by atoms with Gasteiger partial charge in [-0.25, -0.2) is 8.78 Å². The summed E-state index contributed by atoms with van der Waals surface area (Å²) in [7, 11) is 0. The fourth-order valence-corrected chi connectivity index (χ4v) is 3.85. The molecule has 22 heavy (non-hydrogen) atoms. The van der Waals surface area contributed by atoms with Crippen LogP contribution in [0.4, 0.5) is 8.78 Å². The first kappa shape index (κ1) is 13.3. The van der Waals surface area contributed by atoms with Crippen molar-refractivity contribution in [3.05, 3.63) is 47.2 Å². The Labute approximate surface area is 125 Å². The van der Waals surface area contributed by atoms with E-state index in [1.807, 2.05) is 0 Å². The molecule has 2 aromatic rings. The van der Waals surface area contributed by atoms with E-state index < -0.39 is 17.0 Å². The second-order valence-electron chi connectivity index (χ2n) is 6.07. The van der Waals surface area contributed by atoms with E-state index in [0.29, 0.717) is 5.69 Å². The molecule has 1 heterocycles. The van der Waals surface area contributed by atoms with E-state index in [1.165, 1.54) is 18.2 Å². The van der Waals surface area contributed by atoms with Crippen LogP contribution in [-0.4, -0.2) is 16.0 Å². The first-order chi connectivity index (χ1) is 10.5. The molecular formula is C16H14F2N4. The second kappa shape index (κ2) is 4.32. The lowest BCUT2D eigenvalue weighted by Crippen LogP contribution is -2.38. The van der Waals surface area contributed by atoms with E-state index in [2.05, 4.69) is 10.2 Å². The summed E-state index contributed by atoms with van der Waals surface area (Å²) in [6.45, 7) is 0. The van der Waals surface area contributed by atoms with E-state index in [4.69, 9.17) is 11.1 Å². The normalized spacial score (nSPS) is 25.3. The fourth-order valence-electron chi connectivity index (χ4n) is 3.85. The topological polar surface area (TPSA) is 75.7 Å². The molecule has 1 fully saturated rings. The third-order valence-electron chi connectivity index (χ3n) is 4.97. The van der Waals surface area contributed by atoms with Gasteiger partial charge in [0, 0.05) is 0 Å². The molecule has 2 bridgehead atoms. The number of nitrogens with two attached hydrogens (primary N) is 1. The summed E-state index contributed by atoms with van der Waals surface area (Å²) >= 11 is 0. The summed E-state index contributed by atoms with van der Waals surface area (Å²) in [6.07, 6.45) is 2.45. The van der Waals surface area contributed by atoms with Gasteiger partial charge < -0.3 is 5.73 Å². The number of nitrogens with one attached hydrogen (secondary N) is 1. The fraction of sp³-hybridized carbons (Fsp3) is 0.312. The number of benzene rings is 1. The van der Waals surface area contributed by atoms with Gasteiger partial charge in [0.1, 0.15) is 17.5 Å². The van der Waals surface area contributed by atoms with E-state index in [-0.39, 0.29) is 23.0 Å². The van der Waals surface area contributed by atoms with Gasteiger partial charge in [-0.3, -0.25) is 5.41 Å². The first-order valence-corrected chi connectivity index (χ1v) is 7.20. The number of rotatable bonds is 2. The van der Waals surface area contributed by atoms with Gasteiger partial charge in [-0.2, -0.15) is 5.10 Å². The van der Waals surface area contributed by atoms with Crippen LogP contribution in [0.3, 0.4) is 0 Å². The summed E-state index contributed by atoms with van der Waals surface area (Å²) in [6, 6.07) is 5.44. The first-order valence-electron chi connectivity index (χ1n) is 7.20. The zero-order valence-corrected chi connectivity index (χ0v) is 11.7. The van der Waals surface area contributed by atoms with Gasteiger partial charge in [0.2, 0.25) is 0 Å². The van der Waals surface area contributed by atoms with E-state index in [9.17, 15) is 8.78 Å². The van der Waals surface area contributed by atoms with Gasteiger partial charge in [0.05, 0.1) is 22.4 Å². The number of hydrogen-bond donors (Lipinski definition) is 2. The van der Waals surface area contributed by atoms with Crippen LogP contribution in [-0.2, 0) is 5.41 Å². The van der Waals surface area contributed by atoms with Gasteiger partial charge in [-0.1, -0.05) is 6.07 Å². The third kappa shape index (κ3) is 1.58. The maximum Gasteiger partial charge on any atom is 0.135 e. The van der Waals surface area contributed by atoms with Gasteiger partial charge in [0.15, 0.2) is 0 Å². The number of hydrogen-bond acceptors (Lipinski definition) is 3. The van der Waals surface area contributed by atoms with Crippen molar-refractivity contribution in [3.63, 3.8) is 0 Å². The molecule has 0 aliphatic heterocycles. The molecule has 4 nitrogen and oxygen atoms in total. The lowest BCUT2D eigenvalue weighted by Gasteiger charge is -2.25. The Morgan fingerprint density at radius 3 is 2.68 bits per heavy atom. The van der Waals surface area contributed by atoms with E-state index in [1.54, 1.807) is 6.07 Å². The Balaban J connectivity index is 1.89. The van der Waals surface area contributed by atoms with Crippen LogP contribution >= 0.6 is 0 Å². The molecule has 2 aliphatic rings. The van der Waals surface area contributed by atoms with Crippen LogP contribution in [0, 0.1) is 17.0 Å². The minimum absolute atomic E-state index is 0.105. The van der Waals surface area contributed by atoms with Crippen molar-refractivity contribution in [1.29, 1.82) is 5.41 Å². The van der Waals surface area contributed by atoms with Crippen LogP contribution in [0.2, 0.25) is 0 Å². The minimum atomic E-state index is -0.654. The highest BCUT2D eigenvalue weighted by Gasteiger charge is 2.53. The van der Waals surface area contributed by atoms with Crippen molar-refractivity contribution < 1.29 is 8.78 Å². The SMILES string of the molecule is N=C(N)[C@]12CC[C@H](C1)c1cc(-c3c(F)cccc3F)nnc12. The quantitative estimate of drug-likeness (QED) is 0.661. The Bertz CT molecular complexity index is 784. The van der Waals surface area contributed by atoms with Crippen molar-refractivity contribution in [2.45, 2.75) is 30.6 Å². The maximum absolute atomic E-state index is 13.9. The Morgan fingerprint density at radius 1 is 1.27 bits per heavy atom. The molecular weight excluding hydrogens is 286 g/mol. The lowest BCUT2D eigenvalue weighted by atomic mass is 9.82. The molecule has 1 aromatic heterocycles. The summed E-state index contributed by atoms with van der Waals surface area (Å²) in [5.74, 6) is -0.965. The summed E-state index contributed by atoms with van der Waals surface area (Å²) in [5, 5.41) is 16.1.